The Kier molecular flexibility index (Phi) is 10.3. The van der Waals surface area contributed by atoms with E-state index in [-0.39, 0.29) is 6.86 Å². The van der Waals surface area contributed by atoms with E-state index >= 15 is 0 Å². The van der Waals surface area contributed by atoms with E-state index in [0.29, 0.717) is 0 Å². The van der Waals surface area contributed by atoms with Crippen molar-refractivity contribution in [1.82, 2.24) is 0 Å². The molecule has 6 aromatic rings. The van der Waals surface area contributed by atoms with Crippen molar-refractivity contribution in [2.45, 2.75) is 48.4 Å². The van der Waals surface area contributed by atoms with Crippen molar-refractivity contribution in [3.8, 4) is 0 Å². The van der Waals surface area contributed by atoms with Gasteiger partial charge in [0, 0.05) is 0 Å². The van der Waals surface area contributed by atoms with Crippen LogP contribution >= 0.6 is 0 Å². The molecule has 7 rings (SSSR count). The SMILES string of the molecule is C[C](C)(C)[Sn]1([C](C)(C)C)[O][Si](c2ccccc2)(c2ccccc2)O[Si](c2ccccc2)(c2ccccc2)O[Si](c2ccccc2)(c2ccccc2)[O]1. The Bertz CT molecular complexity index is 1830. The predicted octanol–water partition coefficient (Wildman–Crippen LogP) is 6.88. The molecule has 52 heavy (non-hydrogen) atoms. The number of rotatable bonds is 6. The van der Waals surface area contributed by atoms with Crippen LogP contribution in [0.3, 0.4) is 0 Å². The summed E-state index contributed by atoms with van der Waals surface area (Å²) in [5, 5.41) is 6.19. The van der Waals surface area contributed by atoms with Gasteiger partial charge in [-0.05, 0) is 0 Å². The minimum absolute atomic E-state index is 0.357. The molecule has 0 unspecified atom stereocenters. The van der Waals surface area contributed by atoms with Gasteiger partial charge in [-0.1, -0.05) is 0 Å². The van der Waals surface area contributed by atoms with Crippen LogP contribution in [0, 0.1) is 0 Å². The van der Waals surface area contributed by atoms with E-state index in [1.54, 1.807) is 0 Å². The van der Waals surface area contributed by atoms with Crippen LogP contribution in [0.15, 0.2) is 182 Å². The van der Waals surface area contributed by atoms with Gasteiger partial charge in [0.25, 0.3) is 0 Å². The Hall–Kier alpha value is -3.39. The van der Waals surface area contributed by atoms with Crippen LogP contribution in [-0.4, -0.2) is 44.9 Å². The van der Waals surface area contributed by atoms with Crippen LogP contribution in [0.2, 0.25) is 6.86 Å². The fourth-order valence-corrected chi connectivity index (χ4v) is 54.2. The van der Waals surface area contributed by atoms with Gasteiger partial charge in [-0.3, -0.25) is 0 Å². The van der Waals surface area contributed by atoms with Gasteiger partial charge in [0.05, 0.1) is 0 Å². The summed E-state index contributed by atoms with van der Waals surface area (Å²) in [5.41, 5.74) is 0. The Labute approximate surface area is 318 Å². The molecule has 0 spiro atoms. The molecule has 4 nitrogen and oxygen atoms in total. The quantitative estimate of drug-likeness (QED) is 0.172. The summed E-state index contributed by atoms with van der Waals surface area (Å²) >= 11 is -4.72. The molecule has 1 fully saturated rings. The van der Waals surface area contributed by atoms with Gasteiger partial charge in [-0.2, -0.15) is 0 Å². The third kappa shape index (κ3) is 6.45. The van der Waals surface area contributed by atoms with Gasteiger partial charge in [0.2, 0.25) is 0 Å². The molecule has 0 N–H and O–H groups in total. The van der Waals surface area contributed by atoms with E-state index in [2.05, 4.69) is 224 Å². The first-order valence-corrected chi connectivity index (χ1v) is 28.7. The van der Waals surface area contributed by atoms with Crippen molar-refractivity contribution in [3.05, 3.63) is 182 Å². The van der Waals surface area contributed by atoms with Crippen LogP contribution in [0.4, 0.5) is 0 Å². The zero-order valence-electron chi connectivity index (χ0n) is 31.0. The predicted molar refractivity (Wildman–Crippen MR) is 223 cm³/mol. The van der Waals surface area contributed by atoms with Gasteiger partial charge < -0.3 is 0 Å². The average molecular weight is 844 g/mol. The summed E-state index contributed by atoms with van der Waals surface area (Å²) in [5.74, 6) is 0. The van der Waals surface area contributed by atoms with E-state index in [9.17, 15) is 0 Å². The average Bonchev–Trinajstić information content (AvgIpc) is 3.16. The van der Waals surface area contributed by atoms with Gasteiger partial charge in [0.1, 0.15) is 0 Å². The molecule has 0 atom stereocenters. The molecule has 264 valence electrons. The van der Waals surface area contributed by atoms with Crippen LogP contribution in [0.25, 0.3) is 0 Å². The fourth-order valence-electron chi connectivity index (χ4n) is 7.78. The molecule has 0 bridgehead atoms. The third-order valence-corrected chi connectivity index (χ3v) is 43.5. The zero-order chi connectivity index (χ0) is 36.5. The summed E-state index contributed by atoms with van der Waals surface area (Å²) in [6.07, 6.45) is 0. The molecule has 0 aromatic heterocycles. The first-order chi connectivity index (χ1) is 25.0. The Morgan fingerprint density at radius 2 is 0.500 bits per heavy atom. The summed E-state index contributed by atoms with van der Waals surface area (Å²) in [6.45, 7) is 13.9. The number of benzene rings is 6. The fraction of sp³-hybridized carbons (Fsp3) is 0.182. The second kappa shape index (κ2) is 14.4. The Morgan fingerprint density at radius 1 is 0.308 bits per heavy atom. The third-order valence-electron chi connectivity index (χ3n) is 10.0. The number of hydrogen-bond donors (Lipinski definition) is 0. The first kappa shape index (κ1) is 36.9. The normalized spacial score (nSPS) is 18.1. The Balaban J connectivity index is 1.71. The summed E-state index contributed by atoms with van der Waals surface area (Å²) < 4.78 is 33.0. The second-order valence-corrected chi connectivity index (χ2v) is 40.4. The number of hydrogen-bond acceptors (Lipinski definition) is 4. The zero-order valence-corrected chi connectivity index (χ0v) is 36.8. The van der Waals surface area contributed by atoms with E-state index in [4.69, 9.17) is 13.8 Å². The van der Waals surface area contributed by atoms with Crippen molar-refractivity contribution in [2.24, 2.45) is 0 Å². The second-order valence-electron chi connectivity index (χ2n) is 15.6. The van der Waals surface area contributed by atoms with Crippen molar-refractivity contribution in [3.63, 3.8) is 0 Å². The van der Waals surface area contributed by atoms with Gasteiger partial charge in [-0.15, -0.1) is 0 Å². The summed E-state index contributed by atoms with van der Waals surface area (Å²) in [4.78, 5) is 0. The molecule has 0 radical (unpaired) electrons. The standard InChI is InChI=1S/C36H30O4Si3.2C4H9.Sn/c37-41(31-19-7-1-8-20-31,32-21-9-2-10-22-32)39-43(35-27-15-5-16-28-35,36-29-17-6-18-30-36)40-42(38,33-23-11-3-12-24-33)34-25-13-4-14-26-34;2*1-4(2)3;/h1-30H;2*1-3H3;/q-2;;;+2. The molecule has 1 saturated heterocycles. The van der Waals surface area contributed by atoms with Gasteiger partial charge >= 0.3 is 320 Å². The molecule has 0 aliphatic carbocycles. The Morgan fingerprint density at radius 3 is 0.692 bits per heavy atom. The molecule has 6 aromatic carbocycles. The van der Waals surface area contributed by atoms with Crippen LogP contribution in [0.5, 0.6) is 0 Å². The van der Waals surface area contributed by atoms with E-state index in [0.717, 1.165) is 31.1 Å². The molecule has 0 amide bonds. The van der Waals surface area contributed by atoms with Crippen molar-refractivity contribution in [2.75, 3.05) is 0 Å². The molecule has 8 heteroatoms. The van der Waals surface area contributed by atoms with Gasteiger partial charge in [0.15, 0.2) is 0 Å². The molecule has 1 aliphatic heterocycles. The van der Waals surface area contributed by atoms with E-state index in [1.807, 2.05) is 0 Å². The van der Waals surface area contributed by atoms with Crippen molar-refractivity contribution >= 4 is 76.0 Å². The molecular formula is C44H48O4Si3Sn. The first-order valence-electron chi connectivity index (χ1n) is 18.1. The monoisotopic (exact) mass is 844 g/mol. The van der Waals surface area contributed by atoms with Crippen LogP contribution in [0.1, 0.15) is 41.5 Å². The van der Waals surface area contributed by atoms with Crippen LogP contribution in [-0.2, 0) is 13.8 Å². The van der Waals surface area contributed by atoms with Gasteiger partial charge in [-0.25, -0.2) is 0 Å². The maximum absolute atomic E-state index is 8.46. The van der Waals surface area contributed by atoms with E-state index in [1.165, 1.54) is 0 Å². The maximum atomic E-state index is 8.46. The summed E-state index contributed by atoms with van der Waals surface area (Å²) in [6, 6.07) is 63.8. The molecular weight excluding hydrogens is 795 g/mol. The molecule has 0 saturated carbocycles. The summed E-state index contributed by atoms with van der Waals surface area (Å²) in [7, 11) is -11.2. The minimum atomic E-state index is -4.72. The molecule has 1 aliphatic rings. The topological polar surface area (TPSA) is 36.9 Å². The van der Waals surface area contributed by atoms with Crippen LogP contribution < -0.4 is 31.1 Å². The van der Waals surface area contributed by atoms with E-state index < -0.39 is 44.9 Å². The molecule has 1 heterocycles. The van der Waals surface area contributed by atoms with Crippen molar-refractivity contribution in [1.29, 1.82) is 0 Å². The van der Waals surface area contributed by atoms with Crippen molar-refractivity contribution < 1.29 is 13.8 Å².